The van der Waals surface area contributed by atoms with E-state index >= 15 is 0 Å². The Labute approximate surface area is 107 Å². The normalized spacial score (nSPS) is 12.8. The molecule has 0 aliphatic heterocycles. The van der Waals surface area contributed by atoms with Crippen LogP contribution in [0.3, 0.4) is 0 Å². The van der Waals surface area contributed by atoms with Crippen molar-refractivity contribution in [3.63, 3.8) is 0 Å². The van der Waals surface area contributed by atoms with E-state index in [-0.39, 0.29) is 6.04 Å². The first-order chi connectivity index (χ1) is 8.74. The van der Waals surface area contributed by atoms with Crippen LogP contribution in [0.1, 0.15) is 30.9 Å². The highest BCUT2D eigenvalue weighted by Crippen LogP contribution is 2.15. The number of nitrogens with one attached hydrogen (secondary N) is 1. The van der Waals surface area contributed by atoms with E-state index in [0.29, 0.717) is 0 Å². The van der Waals surface area contributed by atoms with Crippen LogP contribution in [0.2, 0.25) is 0 Å². The zero-order valence-corrected chi connectivity index (χ0v) is 10.9. The molecule has 2 aromatic heterocycles. The second kappa shape index (κ2) is 5.79. The highest BCUT2D eigenvalue weighted by molar-refractivity contribution is 5.08. The molecular weight excluding hydrogens is 228 g/mol. The molecule has 0 amide bonds. The van der Waals surface area contributed by atoms with Crippen LogP contribution in [0.4, 0.5) is 0 Å². The van der Waals surface area contributed by atoms with E-state index in [1.807, 2.05) is 31.7 Å². The number of rotatable bonds is 6. The van der Waals surface area contributed by atoms with Gasteiger partial charge in [-0.3, -0.25) is 16.0 Å². The highest BCUT2D eigenvalue weighted by atomic mass is 15.3. The molecule has 0 fully saturated rings. The molecule has 0 spiro atoms. The van der Waals surface area contributed by atoms with Crippen molar-refractivity contribution < 1.29 is 0 Å². The highest BCUT2D eigenvalue weighted by Gasteiger charge is 2.16. The average molecular weight is 248 g/mol. The topological polar surface area (TPSA) is 73.7 Å². The number of hydrazine groups is 1. The van der Waals surface area contributed by atoms with Crippen molar-refractivity contribution in [1.82, 2.24) is 24.8 Å². The van der Waals surface area contributed by atoms with E-state index in [0.717, 1.165) is 30.9 Å². The van der Waals surface area contributed by atoms with Gasteiger partial charge in [-0.1, -0.05) is 6.92 Å². The molecular formula is C12H20N6. The fraction of sp³-hybridized carbons (Fsp3) is 0.500. The second-order valence-electron chi connectivity index (χ2n) is 4.37. The molecule has 6 heteroatoms. The van der Waals surface area contributed by atoms with Crippen LogP contribution in [-0.2, 0) is 20.0 Å². The Morgan fingerprint density at radius 2 is 2.28 bits per heavy atom. The molecule has 0 radical (unpaired) electrons. The lowest BCUT2D eigenvalue weighted by Crippen LogP contribution is -2.30. The van der Waals surface area contributed by atoms with Crippen LogP contribution in [0, 0.1) is 0 Å². The van der Waals surface area contributed by atoms with Crippen molar-refractivity contribution >= 4 is 0 Å². The van der Waals surface area contributed by atoms with E-state index in [9.17, 15) is 0 Å². The summed E-state index contributed by atoms with van der Waals surface area (Å²) in [5, 5.41) is 4.38. The van der Waals surface area contributed by atoms with Gasteiger partial charge in [0.15, 0.2) is 0 Å². The maximum Gasteiger partial charge on any atom is 0.110 e. The van der Waals surface area contributed by atoms with Crippen molar-refractivity contribution in [3.05, 3.63) is 36.2 Å². The zero-order valence-electron chi connectivity index (χ0n) is 10.9. The smallest absolute Gasteiger partial charge is 0.110 e. The van der Waals surface area contributed by atoms with Gasteiger partial charge in [-0.2, -0.15) is 5.10 Å². The number of imidazole rings is 1. The standard InChI is InChI=1S/C12H20N6/c1-3-6-18-8-5-14-12(18)9-11(15-13)10-4-7-17(2)16-10/h4-5,7-8,11,15H,3,6,9,13H2,1-2H3. The molecule has 2 rings (SSSR count). The van der Waals surface area contributed by atoms with E-state index < -0.39 is 0 Å². The van der Waals surface area contributed by atoms with Crippen molar-refractivity contribution in [2.45, 2.75) is 32.4 Å². The summed E-state index contributed by atoms with van der Waals surface area (Å²) in [5.41, 5.74) is 3.75. The van der Waals surface area contributed by atoms with Gasteiger partial charge in [0.1, 0.15) is 5.82 Å². The summed E-state index contributed by atoms with van der Waals surface area (Å²) >= 11 is 0. The average Bonchev–Trinajstić information content (AvgIpc) is 2.96. The van der Waals surface area contributed by atoms with Crippen molar-refractivity contribution in [2.75, 3.05) is 0 Å². The van der Waals surface area contributed by atoms with E-state index in [1.54, 1.807) is 4.68 Å². The van der Waals surface area contributed by atoms with Crippen LogP contribution in [0.5, 0.6) is 0 Å². The monoisotopic (exact) mass is 248 g/mol. The van der Waals surface area contributed by atoms with Crippen molar-refractivity contribution in [3.8, 4) is 0 Å². The molecule has 6 nitrogen and oxygen atoms in total. The van der Waals surface area contributed by atoms with Crippen molar-refractivity contribution in [2.24, 2.45) is 12.9 Å². The van der Waals surface area contributed by atoms with Crippen LogP contribution in [0.25, 0.3) is 0 Å². The minimum absolute atomic E-state index is 0.00999. The summed E-state index contributed by atoms with van der Waals surface area (Å²) in [6.45, 7) is 3.13. The molecule has 3 N–H and O–H groups in total. The number of hydrogen-bond donors (Lipinski definition) is 2. The largest absolute Gasteiger partial charge is 0.335 e. The van der Waals surface area contributed by atoms with Gasteiger partial charge in [0.2, 0.25) is 0 Å². The zero-order chi connectivity index (χ0) is 13.0. The van der Waals surface area contributed by atoms with Gasteiger partial charge < -0.3 is 4.57 Å². The van der Waals surface area contributed by atoms with E-state index in [2.05, 4.69) is 27.0 Å². The molecule has 0 saturated heterocycles. The molecule has 0 aliphatic rings. The lowest BCUT2D eigenvalue weighted by Gasteiger charge is -2.14. The Morgan fingerprint density at radius 1 is 1.44 bits per heavy atom. The van der Waals surface area contributed by atoms with Crippen LogP contribution in [0.15, 0.2) is 24.7 Å². The molecule has 2 aromatic rings. The number of nitrogens with two attached hydrogens (primary N) is 1. The minimum Gasteiger partial charge on any atom is -0.335 e. The van der Waals surface area contributed by atoms with Gasteiger partial charge in [0, 0.05) is 38.6 Å². The van der Waals surface area contributed by atoms with Crippen LogP contribution >= 0.6 is 0 Å². The first-order valence-electron chi connectivity index (χ1n) is 6.20. The van der Waals surface area contributed by atoms with Crippen LogP contribution in [-0.4, -0.2) is 19.3 Å². The summed E-state index contributed by atoms with van der Waals surface area (Å²) in [6, 6.07) is 1.96. The number of nitrogens with zero attached hydrogens (tertiary/aromatic N) is 4. The number of aromatic nitrogens is 4. The van der Waals surface area contributed by atoms with Crippen LogP contribution < -0.4 is 11.3 Å². The molecule has 2 heterocycles. The van der Waals surface area contributed by atoms with Gasteiger partial charge in [0.25, 0.3) is 0 Å². The summed E-state index contributed by atoms with van der Waals surface area (Å²) in [7, 11) is 1.90. The summed E-state index contributed by atoms with van der Waals surface area (Å²) < 4.78 is 3.94. The Balaban J connectivity index is 2.12. The summed E-state index contributed by atoms with van der Waals surface area (Å²) in [5.74, 6) is 6.65. The van der Waals surface area contributed by atoms with Gasteiger partial charge in [0.05, 0.1) is 11.7 Å². The van der Waals surface area contributed by atoms with Gasteiger partial charge >= 0.3 is 0 Å². The molecule has 1 unspecified atom stereocenters. The third-order valence-corrected chi connectivity index (χ3v) is 2.95. The van der Waals surface area contributed by atoms with Gasteiger partial charge in [-0.05, 0) is 12.5 Å². The third kappa shape index (κ3) is 2.77. The van der Waals surface area contributed by atoms with E-state index in [4.69, 9.17) is 5.84 Å². The van der Waals surface area contributed by atoms with Gasteiger partial charge in [-0.25, -0.2) is 4.98 Å². The maximum atomic E-state index is 5.62. The Hall–Kier alpha value is -1.66. The number of aryl methyl sites for hydroxylation is 2. The first kappa shape index (κ1) is 12.8. The molecule has 0 aliphatic carbocycles. The lowest BCUT2D eigenvalue weighted by molar-refractivity contribution is 0.501. The minimum atomic E-state index is -0.00999. The predicted octanol–water partition coefficient (Wildman–Crippen LogP) is 0.774. The molecule has 0 aromatic carbocycles. The molecule has 0 bridgehead atoms. The summed E-state index contributed by atoms with van der Waals surface area (Å²) in [6.07, 6.45) is 7.58. The Morgan fingerprint density at radius 3 is 2.89 bits per heavy atom. The van der Waals surface area contributed by atoms with Gasteiger partial charge in [-0.15, -0.1) is 0 Å². The Kier molecular flexibility index (Phi) is 4.11. The first-order valence-corrected chi connectivity index (χ1v) is 6.20. The second-order valence-corrected chi connectivity index (χ2v) is 4.37. The molecule has 18 heavy (non-hydrogen) atoms. The predicted molar refractivity (Wildman–Crippen MR) is 69.5 cm³/mol. The maximum absolute atomic E-state index is 5.62. The van der Waals surface area contributed by atoms with E-state index in [1.165, 1.54) is 0 Å². The summed E-state index contributed by atoms with van der Waals surface area (Å²) in [4.78, 5) is 4.39. The molecule has 98 valence electrons. The molecule has 1 atom stereocenters. The third-order valence-electron chi connectivity index (χ3n) is 2.95. The molecule has 0 saturated carbocycles. The number of hydrogen-bond acceptors (Lipinski definition) is 4. The SMILES string of the molecule is CCCn1ccnc1CC(NN)c1ccn(C)n1. The lowest BCUT2D eigenvalue weighted by atomic mass is 10.1. The quantitative estimate of drug-likeness (QED) is 0.585. The fourth-order valence-electron chi connectivity index (χ4n) is 2.02. The fourth-order valence-corrected chi connectivity index (χ4v) is 2.02. The van der Waals surface area contributed by atoms with Crippen molar-refractivity contribution in [1.29, 1.82) is 0 Å². The Bertz CT molecular complexity index is 486.